The van der Waals surface area contributed by atoms with E-state index in [0.29, 0.717) is 5.04 Å². The SMILES string of the molecule is C=Cc1ccccc1CCN(C)[Si](C)(C)C(C)(C)C. The van der Waals surface area contributed by atoms with Crippen LogP contribution in [0.3, 0.4) is 0 Å². The van der Waals surface area contributed by atoms with Gasteiger partial charge in [-0.1, -0.05) is 70.8 Å². The highest BCUT2D eigenvalue weighted by Crippen LogP contribution is 2.37. The standard InChI is InChI=1S/C17H29NSi/c1-8-15-11-9-10-12-16(15)13-14-18(5)19(6,7)17(2,3)4/h8-12H,1,13-14H2,2-7H3. The van der Waals surface area contributed by atoms with Crippen LogP contribution in [0.1, 0.15) is 31.9 Å². The second kappa shape index (κ2) is 6.06. The molecule has 0 spiro atoms. The second-order valence-electron chi connectivity index (χ2n) is 6.88. The Balaban J connectivity index is 2.74. The highest BCUT2D eigenvalue weighted by atomic mass is 28.3. The zero-order valence-corrected chi connectivity index (χ0v) is 14.5. The van der Waals surface area contributed by atoms with Crippen LogP contribution in [0, 0.1) is 0 Å². The molecule has 0 fully saturated rings. The molecule has 1 rings (SSSR count). The summed E-state index contributed by atoms with van der Waals surface area (Å²) in [4.78, 5) is 0. The lowest BCUT2D eigenvalue weighted by Crippen LogP contribution is -2.53. The van der Waals surface area contributed by atoms with E-state index in [0.717, 1.165) is 13.0 Å². The Morgan fingerprint density at radius 3 is 2.32 bits per heavy atom. The fraction of sp³-hybridized carbons (Fsp3) is 0.529. The maximum absolute atomic E-state index is 3.90. The summed E-state index contributed by atoms with van der Waals surface area (Å²) in [6, 6.07) is 8.57. The highest BCUT2D eigenvalue weighted by molar-refractivity contribution is 6.77. The van der Waals surface area contributed by atoms with Crippen molar-refractivity contribution in [3.05, 3.63) is 42.0 Å². The first-order valence-electron chi connectivity index (χ1n) is 7.11. The first-order chi connectivity index (χ1) is 8.70. The van der Waals surface area contributed by atoms with Crippen LogP contribution in [0.15, 0.2) is 30.8 Å². The predicted molar refractivity (Wildman–Crippen MR) is 90.1 cm³/mol. The van der Waals surface area contributed by atoms with Gasteiger partial charge in [-0.25, -0.2) is 0 Å². The Kier molecular flexibility index (Phi) is 5.16. The van der Waals surface area contributed by atoms with Crippen molar-refractivity contribution >= 4 is 14.3 Å². The molecule has 0 amide bonds. The molecule has 19 heavy (non-hydrogen) atoms. The maximum Gasteiger partial charge on any atom is 0.127 e. The molecular weight excluding hydrogens is 246 g/mol. The fourth-order valence-electron chi connectivity index (χ4n) is 2.10. The van der Waals surface area contributed by atoms with Gasteiger partial charge in [-0.15, -0.1) is 0 Å². The number of likely N-dealkylation sites (N-methyl/N-ethyl adjacent to an activating group) is 1. The van der Waals surface area contributed by atoms with Crippen LogP contribution in [0.25, 0.3) is 6.08 Å². The van der Waals surface area contributed by atoms with Crippen LogP contribution in [0.2, 0.25) is 18.1 Å². The van der Waals surface area contributed by atoms with Gasteiger partial charge in [0.25, 0.3) is 0 Å². The van der Waals surface area contributed by atoms with E-state index in [1.165, 1.54) is 11.1 Å². The Morgan fingerprint density at radius 1 is 1.21 bits per heavy atom. The number of nitrogens with zero attached hydrogens (tertiary/aromatic N) is 1. The van der Waals surface area contributed by atoms with E-state index < -0.39 is 8.24 Å². The number of hydrogen-bond donors (Lipinski definition) is 0. The van der Waals surface area contributed by atoms with Crippen LogP contribution in [0.4, 0.5) is 0 Å². The lowest BCUT2D eigenvalue weighted by Gasteiger charge is -2.44. The first-order valence-corrected chi connectivity index (χ1v) is 10.1. The molecule has 0 aliphatic carbocycles. The normalized spacial score (nSPS) is 12.8. The van der Waals surface area contributed by atoms with Crippen molar-refractivity contribution in [3.8, 4) is 0 Å². The van der Waals surface area contributed by atoms with Crippen molar-refractivity contribution in [1.82, 2.24) is 4.57 Å². The van der Waals surface area contributed by atoms with Gasteiger partial charge in [0.2, 0.25) is 0 Å². The highest BCUT2D eigenvalue weighted by Gasteiger charge is 2.38. The minimum atomic E-state index is -1.38. The zero-order valence-electron chi connectivity index (χ0n) is 13.5. The van der Waals surface area contributed by atoms with Crippen LogP contribution in [-0.4, -0.2) is 26.4 Å². The molecule has 0 saturated heterocycles. The van der Waals surface area contributed by atoms with Gasteiger partial charge in [-0.2, -0.15) is 0 Å². The Bertz CT molecular complexity index is 429. The lowest BCUT2D eigenvalue weighted by molar-refractivity contribution is 0.472. The molecule has 0 bridgehead atoms. The van der Waals surface area contributed by atoms with Crippen molar-refractivity contribution in [2.45, 2.75) is 45.3 Å². The molecule has 0 aliphatic heterocycles. The van der Waals surface area contributed by atoms with Gasteiger partial charge in [-0.3, -0.25) is 0 Å². The third kappa shape index (κ3) is 3.80. The van der Waals surface area contributed by atoms with Gasteiger partial charge < -0.3 is 4.57 Å². The summed E-state index contributed by atoms with van der Waals surface area (Å²) in [5, 5.41) is 0.402. The summed E-state index contributed by atoms with van der Waals surface area (Å²) in [5.74, 6) is 0. The van der Waals surface area contributed by atoms with Crippen LogP contribution >= 0.6 is 0 Å². The van der Waals surface area contributed by atoms with Gasteiger partial charge in [-0.05, 0) is 36.2 Å². The summed E-state index contributed by atoms with van der Waals surface area (Å²) >= 11 is 0. The van der Waals surface area contributed by atoms with Gasteiger partial charge in [0, 0.05) is 0 Å². The number of hydrogen-bond acceptors (Lipinski definition) is 1. The molecule has 1 aromatic carbocycles. The van der Waals surface area contributed by atoms with Crippen LogP contribution < -0.4 is 0 Å². The topological polar surface area (TPSA) is 3.24 Å². The third-order valence-corrected chi connectivity index (χ3v) is 10.6. The van der Waals surface area contributed by atoms with E-state index in [1.807, 2.05) is 6.08 Å². The van der Waals surface area contributed by atoms with E-state index >= 15 is 0 Å². The maximum atomic E-state index is 3.90. The average Bonchev–Trinajstić information content (AvgIpc) is 2.34. The molecule has 0 unspecified atom stereocenters. The quantitative estimate of drug-likeness (QED) is 0.697. The molecule has 106 valence electrons. The predicted octanol–water partition coefficient (Wildman–Crippen LogP) is 4.81. The Labute approximate surface area is 120 Å². The first kappa shape index (κ1) is 16.2. The lowest BCUT2D eigenvalue weighted by atomic mass is 10.0. The minimum absolute atomic E-state index is 0.402. The minimum Gasteiger partial charge on any atom is -0.326 e. The molecule has 1 nitrogen and oxygen atoms in total. The second-order valence-corrected chi connectivity index (χ2v) is 12.3. The van der Waals surface area contributed by atoms with E-state index in [4.69, 9.17) is 0 Å². The van der Waals surface area contributed by atoms with Crippen LogP contribution in [-0.2, 0) is 6.42 Å². The zero-order chi connectivity index (χ0) is 14.7. The number of benzene rings is 1. The molecule has 0 saturated carbocycles. The summed E-state index contributed by atoms with van der Waals surface area (Å²) in [7, 11) is 0.903. The molecular formula is C17H29NSi. The van der Waals surface area contributed by atoms with Crippen molar-refractivity contribution in [3.63, 3.8) is 0 Å². The fourth-order valence-corrected chi connectivity index (χ4v) is 3.92. The summed E-state index contributed by atoms with van der Waals surface area (Å²) in [6.07, 6.45) is 3.06. The van der Waals surface area contributed by atoms with Gasteiger partial charge in [0.1, 0.15) is 8.24 Å². The average molecular weight is 276 g/mol. The van der Waals surface area contributed by atoms with Crippen molar-refractivity contribution in [2.75, 3.05) is 13.6 Å². The summed E-state index contributed by atoms with van der Waals surface area (Å²) in [5.41, 5.74) is 2.68. The Hall–Kier alpha value is -0.863. The molecule has 0 heterocycles. The van der Waals surface area contributed by atoms with E-state index in [-0.39, 0.29) is 0 Å². The molecule has 0 atom stereocenters. The molecule has 0 radical (unpaired) electrons. The third-order valence-electron chi connectivity index (χ3n) is 4.78. The number of rotatable bonds is 5. The monoisotopic (exact) mass is 275 g/mol. The van der Waals surface area contributed by atoms with Crippen molar-refractivity contribution in [2.24, 2.45) is 0 Å². The largest absolute Gasteiger partial charge is 0.326 e. The molecule has 2 heteroatoms. The molecule has 0 aliphatic rings. The Morgan fingerprint density at radius 2 is 1.79 bits per heavy atom. The van der Waals surface area contributed by atoms with Crippen LogP contribution in [0.5, 0.6) is 0 Å². The molecule has 1 aromatic rings. The van der Waals surface area contributed by atoms with E-state index in [2.05, 4.69) is 76.3 Å². The van der Waals surface area contributed by atoms with Crippen molar-refractivity contribution < 1.29 is 0 Å². The van der Waals surface area contributed by atoms with Crippen molar-refractivity contribution in [1.29, 1.82) is 0 Å². The summed E-state index contributed by atoms with van der Waals surface area (Å²) in [6.45, 7) is 17.1. The summed E-state index contributed by atoms with van der Waals surface area (Å²) < 4.78 is 2.60. The molecule has 0 N–H and O–H groups in total. The smallest absolute Gasteiger partial charge is 0.127 e. The van der Waals surface area contributed by atoms with Gasteiger partial charge >= 0.3 is 0 Å². The van der Waals surface area contributed by atoms with E-state index in [9.17, 15) is 0 Å². The van der Waals surface area contributed by atoms with E-state index in [1.54, 1.807) is 0 Å². The van der Waals surface area contributed by atoms with Gasteiger partial charge in [0.15, 0.2) is 0 Å². The van der Waals surface area contributed by atoms with Gasteiger partial charge in [0.05, 0.1) is 0 Å². The molecule has 0 aromatic heterocycles.